The number of ether oxygens (including phenoxy) is 3. The second kappa shape index (κ2) is 9.62. The topological polar surface area (TPSA) is 65.1 Å². The maximum absolute atomic E-state index is 12.6. The standard InChI is InChI=1S/C22H29NO5/c1-26-18-10-11-20(27-2)17(14-18)9-12-22(25)28-15-21(24)23-13-5-7-16-6-3-4-8-19(16)23/h9-12,14,16,19H,3-8,13,15H2,1-2H3/b12-9+/t16-,19+/m0/s1. The zero-order chi connectivity index (χ0) is 19.9. The van der Waals surface area contributed by atoms with Gasteiger partial charge in [0.05, 0.1) is 14.2 Å². The summed E-state index contributed by atoms with van der Waals surface area (Å²) >= 11 is 0. The molecule has 2 aliphatic rings. The van der Waals surface area contributed by atoms with Crippen LogP contribution in [-0.4, -0.2) is 50.2 Å². The highest BCUT2D eigenvalue weighted by molar-refractivity contribution is 5.89. The minimum absolute atomic E-state index is 0.0858. The van der Waals surface area contributed by atoms with Crippen molar-refractivity contribution < 1.29 is 23.8 Å². The number of fused-ring (bicyclic) bond motifs is 1. The van der Waals surface area contributed by atoms with Crippen LogP contribution in [0, 0.1) is 5.92 Å². The molecule has 1 amide bonds. The number of amides is 1. The van der Waals surface area contributed by atoms with Crippen molar-refractivity contribution in [2.45, 2.75) is 44.6 Å². The van der Waals surface area contributed by atoms with Crippen LogP contribution < -0.4 is 9.47 Å². The summed E-state index contributed by atoms with van der Waals surface area (Å²) in [6, 6.07) is 5.64. The summed E-state index contributed by atoms with van der Waals surface area (Å²) in [6.45, 7) is 0.566. The summed E-state index contributed by atoms with van der Waals surface area (Å²) < 4.78 is 15.7. The first-order valence-electron chi connectivity index (χ1n) is 9.98. The van der Waals surface area contributed by atoms with Gasteiger partial charge >= 0.3 is 5.97 Å². The molecule has 1 saturated carbocycles. The van der Waals surface area contributed by atoms with E-state index in [4.69, 9.17) is 14.2 Å². The van der Waals surface area contributed by atoms with Gasteiger partial charge < -0.3 is 19.1 Å². The first-order chi connectivity index (χ1) is 13.6. The van der Waals surface area contributed by atoms with E-state index in [1.54, 1.807) is 38.5 Å². The fourth-order valence-corrected chi connectivity index (χ4v) is 4.33. The quantitative estimate of drug-likeness (QED) is 0.553. The minimum atomic E-state index is -0.546. The van der Waals surface area contributed by atoms with Crippen LogP contribution >= 0.6 is 0 Å². The zero-order valence-electron chi connectivity index (χ0n) is 16.7. The van der Waals surface area contributed by atoms with Crippen LogP contribution in [0.1, 0.15) is 44.1 Å². The number of benzene rings is 1. The highest BCUT2D eigenvalue weighted by atomic mass is 16.5. The Balaban J connectivity index is 1.55. The Morgan fingerprint density at radius 3 is 2.68 bits per heavy atom. The summed E-state index contributed by atoms with van der Waals surface area (Å²) in [6.07, 6.45) is 9.87. The maximum Gasteiger partial charge on any atom is 0.331 e. The summed E-state index contributed by atoms with van der Waals surface area (Å²) in [5.41, 5.74) is 0.700. The van der Waals surface area contributed by atoms with Crippen LogP contribution in [0.15, 0.2) is 24.3 Å². The van der Waals surface area contributed by atoms with Gasteiger partial charge in [0.25, 0.3) is 5.91 Å². The summed E-state index contributed by atoms with van der Waals surface area (Å²) in [5.74, 6) is 1.27. The Kier molecular flexibility index (Phi) is 6.95. The van der Waals surface area contributed by atoms with E-state index in [0.29, 0.717) is 29.0 Å². The Hall–Kier alpha value is -2.50. The molecule has 2 atom stereocenters. The van der Waals surface area contributed by atoms with Crippen LogP contribution in [0.2, 0.25) is 0 Å². The molecule has 1 heterocycles. The van der Waals surface area contributed by atoms with Crippen molar-refractivity contribution >= 4 is 18.0 Å². The van der Waals surface area contributed by atoms with Crippen molar-refractivity contribution in [3.05, 3.63) is 29.8 Å². The van der Waals surface area contributed by atoms with E-state index < -0.39 is 5.97 Å². The van der Waals surface area contributed by atoms with Crippen molar-refractivity contribution in [2.75, 3.05) is 27.4 Å². The molecule has 0 bridgehead atoms. The van der Waals surface area contributed by atoms with Gasteiger partial charge in [-0.1, -0.05) is 12.8 Å². The van der Waals surface area contributed by atoms with Gasteiger partial charge in [-0.2, -0.15) is 0 Å². The van der Waals surface area contributed by atoms with Crippen LogP contribution in [0.3, 0.4) is 0 Å². The van der Waals surface area contributed by atoms with Gasteiger partial charge in [-0.15, -0.1) is 0 Å². The molecular weight excluding hydrogens is 358 g/mol. The molecule has 2 fully saturated rings. The van der Waals surface area contributed by atoms with Gasteiger partial charge in [-0.25, -0.2) is 4.79 Å². The lowest BCUT2D eigenvalue weighted by Gasteiger charge is -2.44. The van der Waals surface area contributed by atoms with Crippen LogP contribution in [-0.2, 0) is 14.3 Å². The van der Waals surface area contributed by atoms with Crippen molar-refractivity contribution in [1.29, 1.82) is 0 Å². The van der Waals surface area contributed by atoms with E-state index in [1.807, 2.05) is 4.90 Å². The molecule has 28 heavy (non-hydrogen) atoms. The minimum Gasteiger partial charge on any atom is -0.497 e. The molecular formula is C22H29NO5. The molecule has 0 aromatic heterocycles. The number of piperidine rings is 1. The fourth-order valence-electron chi connectivity index (χ4n) is 4.33. The van der Waals surface area contributed by atoms with E-state index in [2.05, 4.69) is 0 Å². The Morgan fingerprint density at radius 1 is 1.11 bits per heavy atom. The molecule has 3 rings (SSSR count). The van der Waals surface area contributed by atoms with E-state index >= 15 is 0 Å². The van der Waals surface area contributed by atoms with Crippen molar-refractivity contribution in [2.24, 2.45) is 5.92 Å². The van der Waals surface area contributed by atoms with E-state index in [-0.39, 0.29) is 12.5 Å². The average Bonchev–Trinajstić information content (AvgIpc) is 2.75. The largest absolute Gasteiger partial charge is 0.497 e. The number of rotatable bonds is 6. The molecule has 1 aromatic carbocycles. The van der Waals surface area contributed by atoms with Gasteiger partial charge in [0.15, 0.2) is 6.61 Å². The first-order valence-corrected chi connectivity index (χ1v) is 9.98. The molecule has 0 unspecified atom stereocenters. The smallest absolute Gasteiger partial charge is 0.331 e. The summed E-state index contributed by atoms with van der Waals surface area (Å²) in [7, 11) is 3.14. The highest BCUT2D eigenvalue weighted by Gasteiger charge is 2.35. The van der Waals surface area contributed by atoms with Crippen molar-refractivity contribution in [3.63, 3.8) is 0 Å². The molecule has 6 heteroatoms. The number of hydrogen-bond donors (Lipinski definition) is 0. The Bertz CT molecular complexity index is 728. The molecule has 0 radical (unpaired) electrons. The second-order valence-electron chi connectivity index (χ2n) is 7.39. The van der Waals surface area contributed by atoms with Gasteiger partial charge in [-0.3, -0.25) is 4.79 Å². The van der Waals surface area contributed by atoms with Gasteiger partial charge in [0.1, 0.15) is 11.5 Å². The highest BCUT2D eigenvalue weighted by Crippen LogP contribution is 2.35. The van der Waals surface area contributed by atoms with E-state index in [1.165, 1.54) is 31.8 Å². The summed E-state index contributed by atoms with van der Waals surface area (Å²) in [4.78, 5) is 26.6. The van der Waals surface area contributed by atoms with E-state index in [0.717, 1.165) is 19.4 Å². The number of hydrogen-bond acceptors (Lipinski definition) is 5. The third-order valence-electron chi connectivity index (χ3n) is 5.74. The number of carbonyl (C=O) groups excluding carboxylic acids is 2. The second-order valence-corrected chi connectivity index (χ2v) is 7.39. The zero-order valence-corrected chi connectivity index (χ0v) is 16.7. The van der Waals surface area contributed by atoms with Crippen molar-refractivity contribution in [3.8, 4) is 11.5 Å². The predicted molar refractivity (Wildman–Crippen MR) is 106 cm³/mol. The normalized spacial score (nSPS) is 21.9. The van der Waals surface area contributed by atoms with Gasteiger partial charge in [0, 0.05) is 24.2 Å². The van der Waals surface area contributed by atoms with E-state index in [9.17, 15) is 9.59 Å². The lowest BCUT2D eigenvalue weighted by molar-refractivity contribution is -0.151. The van der Waals surface area contributed by atoms with Crippen LogP contribution in [0.5, 0.6) is 11.5 Å². The molecule has 0 spiro atoms. The molecule has 1 aromatic rings. The number of methoxy groups -OCH3 is 2. The van der Waals surface area contributed by atoms with Crippen LogP contribution in [0.25, 0.3) is 6.08 Å². The fraction of sp³-hybridized carbons (Fsp3) is 0.545. The monoisotopic (exact) mass is 387 g/mol. The number of esters is 1. The molecule has 1 aliphatic heterocycles. The number of carbonyl (C=O) groups is 2. The maximum atomic E-state index is 12.6. The summed E-state index contributed by atoms with van der Waals surface area (Å²) in [5, 5.41) is 0. The molecule has 6 nitrogen and oxygen atoms in total. The lowest BCUT2D eigenvalue weighted by Crippen LogP contribution is -2.50. The third-order valence-corrected chi connectivity index (χ3v) is 5.74. The molecule has 152 valence electrons. The Morgan fingerprint density at radius 2 is 1.89 bits per heavy atom. The van der Waals surface area contributed by atoms with Crippen LogP contribution in [0.4, 0.5) is 0 Å². The van der Waals surface area contributed by atoms with Crippen molar-refractivity contribution in [1.82, 2.24) is 4.90 Å². The molecule has 1 saturated heterocycles. The van der Waals surface area contributed by atoms with Gasteiger partial charge in [-0.05, 0) is 55.9 Å². The first kappa shape index (κ1) is 20.2. The SMILES string of the molecule is COc1ccc(OC)c(/C=C/C(=O)OCC(=O)N2CCC[C@@H]3CCCC[C@H]32)c1. The average molecular weight is 387 g/mol. The molecule has 0 N–H and O–H groups in total. The lowest BCUT2D eigenvalue weighted by atomic mass is 9.78. The number of nitrogens with zero attached hydrogens (tertiary/aromatic N) is 1. The van der Waals surface area contributed by atoms with Gasteiger partial charge in [0.2, 0.25) is 0 Å². The Labute approximate surface area is 166 Å². The molecule has 1 aliphatic carbocycles. The predicted octanol–water partition coefficient (Wildman–Crippen LogP) is 3.44. The number of likely N-dealkylation sites (tertiary alicyclic amines) is 1. The third kappa shape index (κ3) is 4.86.